The first-order chi connectivity index (χ1) is 8.60. The highest BCUT2D eigenvalue weighted by Gasteiger charge is 2.14. The van der Waals surface area contributed by atoms with Crippen LogP contribution in [0.5, 0.6) is 0 Å². The minimum atomic E-state index is 0.420. The lowest BCUT2D eigenvalue weighted by Crippen LogP contribution is -2.21. The van der Waals surface area contributed by atoms with Crippen LogP contribution in [0.3, 0.4) is 0 Å². The van der Waals surface area contributed by atoms with Crippen molar-refractivity contribution in [1.29, 1.82) is 0 Å². The predicted molar refractivity (Wildman–Crippen MR) is 77.0 cm³/mol. The summed E-state index contributed by atoms with van der Waals surface area (Å²) in [6.07, 6.45) is 4.35. The number of nitrogens with one attached hydrogen (secondary N) is 1. The van der Waals surface area contributed by atoms with E-state index in [4.69, 9.17) is 0 Å². The highest BCUT2D eigenvalue weighted by molar-refractivity contribution is 7.09. The molecule has 0 spiro atoms. The molecule has 0 aliphatic carbocycles. The summed E-state index contributed by atoms with van der Waals surface area (Å²) in [6, 6.07) is 2.61. The van der Waals surface area contributed by atoms with E-state index in [9.17, 15) is 0 Å². The number of thiazole rings is 1. The molecule has 4 heteroatoms. The molecular formula is C14H21N3S. The molecule has 2 heterocycles. The number of hydrogen-bond acceptors (Lipinski definition) is 3. The maximum atomic E-state index is 4.50. The number of nitrogens with zero attached hydrogens (tertiary/aromatic N) is 2. The molecule has 0 aliphatic rings. The van der Waals surface area contributed by atoms with Crippen LogP contribution >= 0.6 is 11.3 Å². The Balaban J connectivity index is 2.10. The fourth-order valence-corrected chi connectivity index (χ4v) is 2.90. The van der Waals surface area contributed by atoms with E-state index in [-0.39, 0.29) is 0 Å². The first-order valence-electron chi connectivity index (χ1n) is 6.34. The average Bonchev–Trinajstić information content (AvgIpc) is 2.90. The summed E-state index contributed by atoms with van der Waals surface area (Å²) in [4.78, 5) is 4.50. The topological polar surface area (TPSA) is 29.9 Å². The Bertz CT molecular complexity index is 499. The van der Waals surface area contributed by atoms with E-state index >= 15 is 0 Å². The molecule has 0 aromatic carbocycles. The quantitative estimate of drug-likeness (QED) is 0.897. The summed E-state index contributed by atoms with van der Waals surface area (Å²) in [7, 11) is 2.02. The van der Waals surface area contributed by atoms with Crippen LogP contribution in [0.1, 0.15) is 36.2 Å². The van der Waals surface area contributed by atoms with Gasteiger partial charge in [0.1, 0.15) is 0 Å². The second-order valence-electron chi connectivity index (χ2n) is 4.99. The van der Waals surface area contributed by atoms with Gasteiger partial charge in [0.05, 0.1) is 17.2 Å². The summed E-state index contributed by atoms with van der Waals surface area (Å²) in [6.45, 7) is 7.38. The van der Waals surface area contributed by atoms with Crippen molar-refractivity contribution in [1.82, 2.24) is 14.9 Å². The maximum Gasteiger partial charge on any atom is 0.0898 e. The van der Waals surface area contributed by atoms with Crippen molar-refractivity contribution in [3.63, 3.8) is 0 Å². The van der Waals surface area contributed by atoms with Crippen molar-refractivity contribution < 1.29 is 0 Å². The van der Waals surface area contributed by atoms with Crippen molar-refractivity contribution >= 4 is 11.3 Å². The van der Waals surface area contributed by atoms with Gasteiger partial charge in [-0.2, -0.15) is 0 Å². The Morgan fingerprint density at radius 2 is 2.22 bits per heavy atom. The third kappa shape index (κ3) is 3.00. The van der Waals surface area contributed by atoms with Crippen LogP contribution in [0, 0.1) is 12.8 Å². The van der Waals surface area contributed by atoms with Gasteiger partial charge in [0.15, 0.2) is 0 Å². The van der Waals surface area contributed by atoms with E-state index in [1.807, 2.05) is 14.0 Å². The van der Waals surface area contributed by atoms with Crippen molar-refractivity contribution in [2.24, 2.45) is 5.92 Å². The molecule has 1 N–H and O–H groups in total. The summed E-state index contributed by atoms with van der Waals surface area (Å²) < 4.78 is 2.20. The van der Waals surface area contributed by atoms with Gasteiger partial charge in [-0.15, -0.1) is 11.3 Å². The predicted octanol–water partition coefficient (Wildman–Crippen LogP) is 3.22. The average molecular weight is 263 g/mol. The largest absolute Gasteiger partial charge is 0.348 e. The molecular weight excluding hydrogens is 242 g/mol. The van der Waals surface area contributed by atoms with Crippen LogP contribution in [-0.2, 0) is 6.54 Å². The van der Waals surface area contributed by atoms with Gasteiger partial charge in [-0.3, -0.25) is 0 Å². The maximum absolute atomic E-state index is 4.50. The molecule has 0 saturated carbocycles. The van der Waals surface area contributed by atoms with E-state index in [2.05, 4.69) is 52.6 Å². The highest BCUT2D eigenvalue weighted by atomic mass is 32.1. The monoisotopic (exact) mass is 263 g/mol. The van der Waals surface area contributed by atoms with Crippen LogP contribution in [0.2, 0.25) is 0 Å². The van der Waals surface area contributed by atoms with E-state index < -0.39 is 0 Å². The van der Waals surface area contributed by atoms with E-state index in [1.165, 1.54) is 5.56 Å². The molecule has 0 amide bonds. The standard InChI is InChI=1S/C14H21N3S/c1-10(2)14(15-4)12-5-6-17(7-12)8-13-9-18-11(3)16-13/h5-7,9-10,14-15H,8H2,1-4H3. The third-order valence-electron chi connectivity index (χ3n) is 3.12. The molecule has 18 heavy (non-hydrogen) atoms. The van der Waals surface area contributed by atoms with Gasteiger partial charge >= 0.3 is 0 Å². The van der Waals surface area contributed by atoms with Crippen molar-refractivity contribution in [2.75, 3.05) is 7.05 Å². The Morgan fingerprint density at radius 1 is 1.44 bits per heavy atom. The second-order valence-corrected chi connectivity index (χ2v) is 6.05. The number of aromatic nitrogens is 2. The zero-order chi connectivity index (χ0) is 13.1. The molecule has 0 radical (unpaired) electrons. The number of hydrogen-bond donors (Lipinski definition) is 1. The molecule has 1 unspecified atom stereocenters. The van der Waals surface area contributed by atoms with Crippen LogP contribution in [0.4, 0.5) is 0 Å². The first kappa shape index (κ1) is 13.3. The fraction of sp³-hybridized carbons (Fsp3) is 0.500. The lowest BCUT2D eigenvalue weighted by molar-refractivity contribution is 0.442. The third-order valence-corrected chi connectivity index (χ3v) is 3.94. The number of aryl methyl sites for hydroxylation is 1. The number of rotatable bonds is 5. The Hall–Kier alpha value is -1.13. The molecule has 0 fully saturated rings. The molecule has 2 aromatic rings. The zero-order valence-electron chi connectivity index (χ0n) is 11.5. The van der Waals surface area contributed by atoms with Crippen LogP contribution < -0.4 is 5.32 Å². The normalized spacial score (nSPS) is 13.2. The van der Waals surface area contributed by atoms with E-state index in [0.717, 1.165) is 17.2 Å². The summed E-state index contributed by atoms with van der Waals surface area (Å²) in [5.74, 6) is 0.590. The van der Waals surface area contributed by atoms with Gasteiger partial charge in [0.2, 0.25) is 0 Å². The Kier molecular flexibility index (Phi) is 4.19. The summed E-state index contributed by atoms with van der Waals surface area (Å²) in [5, 5.41) is 6.64. The summed E-state index contributed by atoms with van der Waals surface area (Å²) in [5.41, 5.74) is 2.49. The van der Waals surface area contributed by atoms with E-state index in [1.54, 1.807) is 11.3 Å². The van der Waals surface area contributed by atoms with Gasteiger partial charge in [0, 0.05) is 23.8 Å². The van der Waals surface area contributed by atoms with Crippen LogP contribution in [0.25, 0.3) is 0 Å². The first-order valence-corrected chi connectivity index (χ1v) is 7.22. The molecule has 3 nitrogen and oxygen atoms in total. The second kappa shape index (κ2) is 5.67. The molecule has 2 aromatic heterocycles. The van der Waals surface area contributed by atoms with Gasteiger partial charge in [-0.05, 0) is 31.5 Å². The van der Waals surface area contributed by atoms with Crippen molar-refractivity contribution in [2.45, 2.75) is 33.4 Å². The van der Waals surface area contributed by atoms with Crippen molar-refractivity contribution in [3.8, 4) is 0 Å². The van der Waals surface area contributed by atoms with Crippen molar-refractivity contribution in [3.05, 3.63) is 40.1 Å². The SMILES string of the molecule is CNC(c1ccn(Cc2csc(C)n2)c1)C(C)C. The molecule has 98 valence electrons. The highest BCUT2D eigenvalue weighted by Crippen LogP contribution is 2.21. The molecule has 2 rings (SSSR count). The Morgan fingerprint density at radius 3 is 2.78 bits per heavy atom. The summed E-state index contributed by atoms with van der Waals surface area (Å²) >= 11 is 1.71. The lowest BCUT2D eigenvalue weighted by Gasteiger charge is -2.18. The lowest BCUT2D eigenvalue weighted by atomic mass is 9.99. The molecule has 1 atom stereocenters. The minimum Gasteiger partial charge on any atom is -0.348 e. The van der Waals surface area contributed by atoms with Gasteiger partial charge < -0.3 is 9.88 Å². The van der Waals surface area contributed by atoms with Gasteiger partial charge in [-0.25, -0.2) is 4.98 Å². The van der Waals surface area contributed by atoms with Gasteiger partial charge in [0.25, 0.3) is 0 Å². The molecule has 0 saturated heterocycles. The molecule has 0 aliphatic heterocycles. The zero-order valence-corrected chi connectivity index (χ0v) is 12.3. The Labute approximate surface area is 113 Å². The van der Waals surface area contributed by atoms with Crippen LogP contribution in [0.15, 0.2) is 23.8 Å². The van der Waals surface area contributed by atoms with E-state index in [0.29, 0.717) is 12.0 Å². The van der Waals surface area contributed by atoms with Crippen LogP contribution in [-0.4, -0.2) is 16.6 Å². The fourth-order valence-electron chi connectivity index (χ4n) is 2.29. The molecule has 0 bridgehead atoms. The minimum absolute atomic E-state index is 0.420. The smallest absolute Gasteiger partial charge is 0.0898 e. The van der Waals surface area contributed by atoms with Gasteiger partial charge in [-0.1, -0.05) is 13.8 Å².